The maximum absolute atomic E-state index is 4.93. The molecule has 0 amide bonds. The van der Waals surface area contributed by atoms with Gasteiger partial charge in [0.15, 0.2) is 0 Å². The van der Waals surface area contributed by atoms with Crippen LogP contribution in [0.3, 0.4) is 0 Å². The van der Waals surface area contributed by atoms with Gasteiger partial charge in [0.05, 0.1) is 0 Å². The summed E-state index contributed by atoms with van der Waals surface area (Å²) in [5.41, 5.74) is 4.45. The second-order valence-electron chi connectivity index (χ2n) is 4.66. The zero-order chi connectivity index (χ0) is 14.2. The molecule has 3 rings (SSSR count). The summed E-state index contributed by atoms with van der Waals surface area (Å²) >= 11 is -0.826. The van der Waals surface area contributed by atoms with Gasteiger partial charge in [-0.3, -0.25) is 0 Å². The van der Waals surface area contributed by atoms with E-state index in [1.54, 1.807) is 0 Å². The summed E-state index contributed by atoms with van der Waals surface area (Å²) in [4.78, 5) is 0. The molecule has 0 saturated carbocycles. The molecule has 2 aliphatic carbocycles. The first-order valence-corrected chi connectivity index (χ1v) is 12.9. The summed E-state index contributed by atoms with van der Waals surface area (Å²) in [7, 11) is 9.87. The molecule has 3 heteroatoms. The molecule has 0 N–H and O–H groups in total. The van der Waals surface area contributed by atoms with Crippen molar-refractivity contribution < 1.29 is 20.8 Å². The fourth-order valence-corrected chi connectivity index (χ4v) is 2.67. The fourth-order valence-electron chi connectivity index (χ4n) is 2.67. The van der Waals surface area contributed by atoms with Crippen molar-refractivity contribution in [2.24, 2.45) is 0 Å². The van der Waals surface area contributed by atoms with E-state index in [-0.39, 0.29) is 0 Å². The van der Waals surface area contributed by atoms with Crippen LogP contribution in [-0.4, -0.2) is 0 Å². The van der Waals surface area contributed by atoms with Crippen molar-refractivity contribution in [3.8, 4) is 0 Å². The molecule has 0 aromatic heterocycles. The van der Waals surface area contributed by atoms with Crippen LogP contribution in [0.1, 0.15) is 24.3 Å². The molecule has 1 aromatic rings. The second-order valence-corrected chi connectivity index (χ2v) is 8.39. The van der Waals surface area contributed by atoms with Crippen molar-refractivity contribution in [1.82, 2.24) is 0 Å². The summed E-state index contributed by atoms with van der Waals surface area (Å²) in [6.45, 7) is 0. The average Bonchev–Trinajstić information content (AvgIpc) is 3.15. The summed E-state index contributed by atoms with van der Waals surface area (Å²) < 4.78 is 0. The van der Waals surface area contributed by atoms with Crippen LogP contribution in [0.15, 0.2) is 77.9 Å². The van der Waals surface area contributed by atoms with Gasteiger partial charge in [0.1, 0.15) is 0 Å². The molecule has 20 heavy (non-hydrogen) atoms. The Balaban J connectivity index is 0.000000452. The van der Waals surface area contributed by atoms with Crippen LogP contribution >= 0.6 is 17.0 Å². The molecule has 0 unspecified atom stereocenters. The molecule has 0 saturated heterocycles. The second kappa shape index (κ2) is 8.83. The van der Waals surface area contributed by atoms with Crippen LogP contribution in [0.5, 0.6) is 0 Å². The van der Waals surface area contributed by atoms with Crippen LogP contribution in [-0.2, 0) is 20.8 Å². The van der Waals surface area contributed by atoms with E-state index < -0.39 is 20.8 Å². The van der Waals surface area contributed by atoms with E-state index in [9.17, 15) is 0 Å². The van der Waals surface area contributed by atoms with Gasteiger partial charge < -0.3 is 0 Å². The number of benzene rings is 1. The Hall–Kier alpha value is -0.357. The number of hydrogen-bond donors (Lipinski definition) is 0. The van der Waals surface area contributed by atoms with E-state index in [0.717, 1.165) is 12.8 Å². The SMILES string of the molecule is C1=CCC(C(C2=CC=CC2)c2ccccc2)=C1.[Cl][Zr][Cl]. The first kappa shape index (κ1) is 16.0. The summed E-state index contributed by atoms with van der Waals surface area (Å²) in [6, 6.07) is 10.8. The van der Waals surface area contributed by atoms with Crippen LogP contribution in [0.25, 0.3) is 0 Å². The zero-order valence-electron chi connectivity index (χ0n) is 11.1. The molecule has 0 aliphatic heterocycles. The van der Waals surface area contributed by atoms with Crippen molar-refractivity contribution in [2.45, 2.75) is 18.8 Å². The Bertz CT molecular complexity index is 511. The van der Waals surface area contributed by atoms with E-state index in [0.29, 0.717) is 5.92 Å². The molecule has 0 heterocycles. The predicted octanol–water partition coefficient (Wildman–Crippen LogP) is 5.92. The summed E-state index contributed by atoms with van der Waals surface area (Å²) in [5.74, 6) is 0.473. The van der Waals surface area contributed by atoms with Gasteiger partial charge in [0, 0.05) is 5.92 Å². The Morgan fingerprint density at radius 2 is 1.35 bits per heavy atom. The number of allylic oxidation sites excluding steroid dienone is 8. The first-order valence-electron chi connectivity index (χ1n) is 6.59. The van der Waals surface area contributed by atoms with Gasteiger partial charge in [-0.05, 0) is 18.4 Å². The van der Waals surface area contributed by atoms with Crippen molar-refractivity contribution in [1.29, 1.82) is 0 Å². The Labute approximate surface area is 139 Å². The molecular weight excluding hydrogens is 366 g/mol. The molecule has 0 radical (unpaired) electrons. The summed E-state index contributed by atoms with van der Waals surface area (Å²) in [5, 5.41) is 0. The quantitative estimate of drug-likeness (QED) is 0.609. The average molecular weight is 382 g/mol. The molecule has 0 bridgehead atoms. The maximum atomic E-state index is 4.93. The third kappa shape index (κ3) is 4.32. The van der Waals surface area contributed by atoms with Crippen molar-refractivity contribution in [3.05, 3.63) is 83.5 Å². The third-order valence-corrected chi connectivity index (χ3v) is 3.47. The summed E-state index contributed by atoms with van der Waals surface area (Å²) in [6.07, 6.45) is 15.6. The van der Waals surface area contributed by atoms with E-state index in [1.165, 1.54) is 16.7 Å². The Morgan fingerprint density at radius 1 is 0.850 bits per heavy atom. The van der Waals surface area contributed by atoms with Crippen LogP contribution in [0.2, 0.25) is 0 Å². The van der Waals surface area contributed by atoms with E-state index in [1.807, 2.05) is 0 Å². The van der Waals surface area contributed by atoms with E-state index in [4.69, 9.17) is 17.0 Å². The topological polar surface area (TPSA) is 0 Å². The number of rotatable bonds is 3. The molecular formula is C17H16Cl2Zr. The Kier molecular flexibility index (Phi) is 7.07. The van der Waals surface area contributed by atoms with Crippen LogP contribution < -0.4 is 0 Å². The minimum atomic E-state index is -0.826. The molecule has 0 fully saturated rings. The van der Waals surface area contributed by atoms with Crippen molar-refractivity contribution in [3.63, 3.8) is 0 Å². The zero-order valence-corrected chi connectivity index (χ0v) is 15.1. The van der Waals surface area contributed by atoms with Gasteiger partial charge in [-0.1, -0.05) is 77.9 Å². The first-order chi connectivity index (χ1) is 9.86. The Morgan fingerprint density at radius 3 is 1.75 bits per heavy atom. The fraction of sp³-hybridized carbons (Fsp3) is 0.176. The standard InChI is InChI=1S/C17H16.2ClH.Zr/c1-2-8-14(9-3-1)17(15-10-4-5-11-15)16-12-6-7-13-16;;;/h1-10,12,17H,11,13H2;2*1H;/q;;;+2/p-2. The van der Waals surface area contributed by atoms with Gasteiger partial charge in [-0.15, -0.1) is 0 Å². The van der Waals surface area contributed by atoms with Gasteiger partial charge in [0.25, 0.3) is 0 Å². The number of hydrogen-bond acceptors (Lipinski definition) is 0. The van der Waals surface area contributed by atoms with E-state index in [2.05, 4.69) is 66.8 Å². The number of halogens is 2. The molecule has 2 aliphatic rings. The normalized spacial score (nSPS) is 15.8. The van der Waals surface area contributed by atoms with Gasteiger partial charge in [-0.25, -0.2) is 0 Å². The predicted molar refractivity (Wildman–Crippen MR) is 84.6 cm³/mol. The molecule has 0 atom stereocenters. The third-order valence-electron chi connectivity index (χ3n) is 3.47. The molecule has 102 valence electrons. The monoisotopic (exact) mass is 380 g/mol. The van der Waals surface area contributed by atoms with Crippen molar-refractivity contribution >= 4 is 17.0 Å². The van der Waals surface area contributed by atoms with Gasteiger partial charge in [-0.2, -0.15) is 0 Å². The van der Waals surface area contributed by atoms with Gasteiger partial charge in [0.2, 0.25) is 0 Å². The van der Waals surface area contributed by atoms with Gasteiger partial charge >= 0.3 is 37.9 Å². The minimum absolute atomic E-state index is 0.473. The molecule has 0 spiro atoms. The molecule has 0 nitrogen and oxygen atoms in total. The van der Waals surface area contributed by atoms with Crippen LogP contribution in [0, 0.1) is 0 Å². The van der Waals surface area contributed by atoms with Crippen molar-refractivity contribution in [2.75, 3.05) is 0 Å². The van der Waals surface area contributed by atoms with E-state index >= 15 is 0 Å². The molecule has 1 aromatic carbocycles. The van der Waals surface area contributed by atoms with Crippen LogP contribution in [0.4, 0.5) is 0 Å².